The summed E-state index contributed by atoms with van der Waals surface area (Å²) in [5.74, 6) is 1.89. The molecule has 0 radical (unpaired) electrons. The molecule has 2 aromatic heterocycles. The Bertz CT molecular complexity index is 829. The van der Waals surface area contributed by atoms with Crippen molar-refractivity contribution in [3.8, 4) is 5.82 Å². The molecule has 2 aliphatic heterocycles. The summed E-state index contributed by atoms with van der Waals surface area (Å²) in [4.78, 5) is 32.7. The minimum absolute atomic E-state index is 0.0452. The number of aromatic nitrogens is 5. The van der Waals surface area contributed by atoms with E-state index in [0.29, 0.717) is 11.7 Å². The lowest BCUT2D eigenvalue weighted by Gasteiger charge is -2.44. The van der Waals surface area contributed by atoms with Crippen molar-refractivity contribution in [1.29, 1.82) is 0 Å². The van der Waals surface area contributed by atoms with Crippen LogP contribution in [-0.2, 0) is 4.79 Å². The predicted octanol–water partition coefficient (Wildman–Crippen LogP) is 0.970. The highest BCUT2D eigenvalue weighted by molar-refractivity contribution is 5.80. The molecule has 1 saturated carbocycles. The maximum Gasteiger partial charge on any atom is 0.227 e. The van der Waals surface area contributed by atoms with Gasteiger partial charge in [-0.3, -0.25) is 9.69 Å². The van der Waals surface area contributed by atoms with E-state index in [9.17, 15) is 4.79 Å². The van der Waals surface area contributed by atoms with Crippen LogP contribution in [0.1, 0.15) is 32.1 Å². The summed E-state index contributed by atoms with van der Waals surface area (Å²) in [5.41, 5.74) is 0. The number of piperazine rings is 1. The van der Waals surface area contributed by atoms with E-state index in [0.717, 1.165) is 64.0 Å². The largest absolute Gasteiger partial charge is 0.356 e. The van der Waals surface area contributed by atoms with Crippen LogP contribution in [0.15, 0.2) is 25.0 Å². The molecule has 1 unspecified atom stereocenters. The van der Waals surface area contributed by atoms with Gasteiger partial charge in [-0.25, -0.2) is 19.6 Å². The van der Waals surface area contributed by atoms with E-state index >= 15 is 0 Å². The van der Waals surface area contributed by atoms with Gasteiger partial charge in [-0.05, 0) is 25.7 Å². The first-order valence-corrected chi connectivity index (χ1v) is 10.7. The van der Waals surface area contributed by atoms with Gasteiger partial charge in [-0.2, -0.15) is 5.10 Å². The van der Waals surface area contributed by atoms with E-state index < -0.39 is 0 Å². The zero-order chi connectivity index (χ0) is 19.6. The zero-order valence-corrected chi connectivity index (χ0v) is 16.7. The fourth-order valence-electron chi connectivity index (χ4n) is 4.67. The average molecular weight is 396 g/mol. The SMILES string of the molecule is O=C(C1CCCN(c2cc(-n3cncn3)ncn2)C1)N1CCN(C2CCC2)CC1. The summed E-state index contributed by atoms with van der Waals surface area (Å²) in [6.45, 7) is 5.42. The van der Waals surface area contributed by atoms with Crippen LogP contribution >= 0.6 is 0 Å². The molecule has 1 atom stereocenters. The van der Waals surface area contributed by atoms with Crippen LogP contribution in [0.2, 0.25) is 0 Å². The van der Waals surface area contributed by atoms with Gasteiger partial charge in [-0.15, -0.1) is 0 Å². The van der Waals surface area contributed by atoms with Crippen LogP contribution in [0.4, 0.5) is 5.82 Å². The molecule has 29 heavy (non-hydrogen) atoms. The first-order valence-electron chi connectivity index (χ1n) is 10.7. The number of hydrogen-bond acceptors (Lipinski definition) is 7. The summed E-state index contributed by atoms with van der Waals surface area (Å²) in [7, 11) is 0. The van der Waals surface area contributed by atoms with E-state index in [-0.39, 0.29) is 5.92 Å². The maximum absolute atomic E-state index is 13.2. The van der Waals surface area contributed by atoms with E-state index in [1.807, 2.05) is 6.07 Å². The number of rotatable bonds is 4. The molecule has 3 aliphatic rings. The van der Waals surface area contributed by atoms with Crippen LogP contribution in [0.3, 0.4) is 0 Å². The van der Waals surface area contributed by atoms with Gasteiger partial charge in [0.15, 0.2) is 5.82 Å². The van der Waals surface area contributed by atoms with Crippen LogP contribution in [0.25, 0.3) is 5.82 Å². The molecule has 2 saturated heterocycles. The van der Waals surface area contributed by atoms with Crippen LogP contribution in [0, 0.1) is 5.92 Å². The molecule has 1 aliphatic carbocycles. The first-order chi connectivity index (χ1) is 14.3. The number of carbonyl (C=O) groups excluding carboxylic acids is 1. The van der Waals surface area contributed by atoms with Gasteiger partial charge in [0.05, 0.1) is 5.92 Å². The maximum atomic E-state index is 13.2. The molecule has 4 heterocycles. The number of nitrogens with zero attached hydrogens (tertiary/aromatic N) is 8. The number of piperidine rings is 1. The quantitative estimate of drug-likeness (QED) is 0.761. The second kappa shape index (κ2) is 8.06. The van der Waals surface area contributed by atoms with Crippen molar-refractivity contribution in [3.63, 3.8) is 0 Å². The Hall–Kier alpha value is -2.55. The Morgan fingerprint density at radius 3 is 2.48 bits per heavy atom. The molecule has 0 aromatic carbocycles. The van der Waals surface area contributed by atoms with Crippen molar-refractivity contribution < 1.29 is 4.79 Å². The predicted molar refractivity (Wildman–Crippen MR) is 108 cm³/mol. The molecule has 9 nitrogen and oxygen atoms in total. The standard InChI is InChI=1S/C20H28N8O/c29-20(26-9-7-25(8-10-26)17-4-1-5-17)16-3-2-6-27(12-16)18-11-19(23-14-22-18)28-15-21-13-24-28/h11,13-17H,1-10,12H2. The number of anilines is 1. The lowest BCUT2D eigenvalue weighted by Crippen LogP contribution is -2.55. The van der Waals surface area contributed by atoms with Crippen molar-refractivity contribution >= 4 is 11.7 Å². The van der Waals surface area contributed by atoms with Crippen molar-refractivity contribution in [2.24, 2.45) is 5.92 Å². The highest BCUT2D eigenvalue weighted by atomic mass is 16.2. The van der Waals surface area contributed by atoms with Gasteiger partial charge in [0.2, 0.25) is 5.91 Å². The smallest absolute Gasteiger partial charge is 0.227 e. The minimum Gasteiger partial charge on any atom is -0.356 e. The van der Waals surface area contributed by atoms with Gasteiger partial charge in [0, 0.05) is 51.4 Å². The Morgan fingerprint density at radius 2 is 1.76 bits per heavy atom. The zero-order valence-electron chi connectivity index (χ0n) is 16.7. The van der Waals surface area contributed by atoms with Crippen molar-refractivity contribution in [1.82, 2.24) is 34.5 Å². The molecule has 0 N–H and O–H groups in total. The fourth-order valence-corrected chi connectivity index (χ4v) is 4.67. The monoisotopic (exact) mass is 396 g/mol. The van der Waals surface area contributed by atoms with Crippen molar-refractivity contribution in [2.75, 3.05) is 44.2 Å². The molecule has 5 rings (SSSR count). The summed E-state index contributed by atoms with van der Waals surface area (Å²) in [5, 5.41) is 4.14. The summed E-state index contributed by atoms with van der Waals surface area (Å²) in [6.07, 6.45) is 10.7. The number of carbonyl (C=O) groups is 1. The molecule has 9 heteroatoms. The van der Waals surface area contributed by atoms with E-state index in [1.54, 1.807) is 17.3 Å². The van der Waals surface area contributed by atoms with Crippen LogP contribution in [0.5, 0.6) is 0 Å². The Morgan fingerprint density at radius 1 is 0.931 bits per heavy atom. The molecule has 3 fully saturated rings. The molecular formula is C20H28N8O. The molecule has 0 spiro atoms. The highest BCUT2D eigenvalue weighted by Crippen LogP contribution is 2.27. The average Bonchev–Trinajstić information content (AvgIpc) is 3.28. The Kier molecular flexibility index (Phi) is 5.13. The van der Waals surface area contributed by atoms with Crippen molar-refractivity contribution in [3.05, 3.63) is 25.0 Å². The number of hydrogen-bond donors (Lipinski definition) is 0. The van der Waals surface area contributed by atoms with Gasteiger partial charge in [-0.1, -0.05) is 6.42 Å². The Labute approximate surface area is 170 Å². The van der Waals surface area contributed by atoms with Crippen molar-refractivity contribution in [2.45, 2.75) is 38.1 Å². The molecule has 0 bridgehead atoms. The van der Waals surface area contributed by atoms with E-state index in [1.165, 1.54) is 25.6 Å². The van der Waals surface area contributed by atoms with Crippen LogP contribution in [-0.4, -0.2) is 85.7 Å². The minimum atomic E-state index is 0.0452. The first kappa shape index (κ1) is 18.5. The second-order valence-corrected chi connectivity index (χ2v) is 8.31. The van der Waals surface area contributed by atoms with Gasteiger partial charge in [0.25, 0.3) is 0 Å². The molecule has 154 valence electrons. The normalized spacial score (nSPS) is 23.8. The van der Waals surface area contributed by atoms with Crippen LogP contribution < -0.4 is 4.90 Å². The summed E-state index contributed by atoms with van der Waals surface area (Å²) >= 11 is 0. The topological polar surface area (TPSA) is 83.3 Å². The summed E-state index contributed by atoms with van der Waals surface area (Å²) < 4.78 is 1.62. The summed E-state index contributed by atoms with van der Waals surface area (Å²) in [6, 6.07) is 2.69. The molecule has 2 aromatic rings. The third-order valence-electron chi connectivity index (χ3n) is 6.60. The number of amides is 1. The third-order valence-corrected chi connectivity index (χ3v) is 6.60. The molecule has 1 amide bonds. The van der Waals surface area contributed by atoms with Gasteiger partial charge >= 0.3 is 0 Å². The van der Waals surface area contributed by atoms with E-state index in [2.05, 4.69) is 34.8 Å². The fraction of sp³-hybridized carbons (Fsp3) is 0.650. The second-order valence-electron chi connectivity index (χ2n) is 8.31. The van der Waals surface area contributed by atoms with E-state index in [4.69, 9.17) is 0 Å². The lowest BCUT2D eigenvalue weighted by atomic mass is 9.91. The highest BCUT2D eigenvalue weighted by Gasteiger charge is 2.33. The molecular weight excluding hydrogens is 368 g/mol. The van der Waals surface area contributed by atoms with Gasteiger partial charge < -0.3 is 9.80 Å². The third kappa shape index (κ3) is 3.83. The lowest BCUT2D eigenvalue weighted by molar-refractivity contribution is -0.138. The van der Waals surface area contributed by atoms with Gasteiger partial charge in [0.1, 0.15) is 24.8 Å². The Balaban J connectivity index is 1.22.